The Labute approximate surface area is 172 Å². The summed E-state index contributed by atoms with van der Waals surface area (Å²) in [5.41, 5.74) is 4.02. The summed E-state index contributed by atoms with van der Waals surface area (Å²) in [6.07, 6.45) is 3.72. The van der Waals surface area contributed by atoms with E-state index >= 15 is 0 Å². The highest BCUT2D eigenvalue weighted by Crippen LogP contribution is 2.33. The van der Waals surface area contributed by atoms with Crippen LogP contribution in [0.25, 0.3) is 0 Å². The third kappa shape index (κ3) is 4.37. The largest absolute Gasteiger partial charge is 0.371 e. The van der Waals surface area contributed by atoms with Gasteiger partial charge in [-0.3, -0.25) is 4.90 Å². The molecule has 144 valence electrons. The highest BCUT2D eigenvalue weighted by atomic mass is 35.5. The van der Waals surface area contributed by atoms with E-state index in [2.05, 4.69) is 45.0 Å². The number of para-hydroxylation sites is 1. The van der Waals surface area contributed by atoms with Gasteiger partial charge in [0, 0.05) is 45.0 Å². The normalized spacial score (nSPS) is 17.4. The maximum atomic E-state index is 6.37. The van der Waals surface area contributed by atoms with Gasteiger partial charge in [-0.2, -0.15) is 0 Å². The van der Waals surface area contributed by atoms with Crippen molar-refractivity contribution in [2.24, 2.45) is 0 Å². The van der Waals surface area contributed by atoms with E-state index in [-0.39, 0.29) is 0 Å². The van der Waals surface area contributed by atoms with Crippen molar-refractivity contribution in [3.8, 4) is 0 Å². The van der Waals surface area contributed by atoms with Crippen LogP contribution in [0.15, 0.2) is 42.5 Å². The molecule has 0 spiro atoms. The third-order valence-electron chi connectivity index (χ3n) is 5.78. The van der Waals surface area contributed by atoms with Gasteiger partial charge in [0.05, 0.1) is 15.7 Å². The Morgan fingerprint density at radius 3 is 2.33 bits per heavy atom. The molecule has 2 aliphatic rings. The smallest absolute Gasteiger partial charge is 0.0825 e. The van der Waals surface area contributed by atoms with Gasteiger partial charge in [-0.25, -0.2) is 0 Å². The Balaban J connectivity index is 1.19. The standard InChI is InChI=1S/C22H27Cl2N3/c23-19-7-5-9-21(22(19)24)27-16-14-25(15-17-27)11-3-4-12-26-13-10-18-6-1-2-8-20(18)26/h1-2,5-9H,3-4,10-17H2. The van der Waals surface area contributed by atoms with Crippen molar-refractivity contribution < 1.29 is 0 Å². The van der Waals surface area contributed by atoms with Crippen LogP contribution in [0.4, 0.5) is 11.4 Å². The Morgan fingerprint density at radius 1 is 0.741 bits per heavy atom. The number of nitrogens with zero attached hydrogens (tertiary/aromatic N) is 3. The molecule has 0 amide bonds. The molecular weight excluding hydrogens is 377 g/mol. The van der Waals surface area contributed by atoms with Gasteiger partial charge in [-0.05, 0) is 49.6 Å². The minimum absolute atomic E-state index is 0.639. The molecule has 5 heteroatoms. The van der Waals surface area contributed by atoms with Gasteiger partial charge < -0.3 is 9.80 Å². The van der Waals surface area contributed by atoms with E-state index < -0.39 is 0 Å². The zero-order valence-electron chi connectivity index (χ0n) is 15.7. The zero-order chi connectivity index (χ0) is 18.6. The van der Waals surface area contributed by atoms with Crippen molar-refractivity contribution in [2.75, 3.05) is 55.6 Å². The molecule has 0 radical (unpaired) electrons. The molecule has 1 fully saturated rings. The Bertz CT molecular complexity index is 772. The number of benzene rings is 2. The summed E-state index contributed by atoms with van der Waals surface area (Å²) in [5.74, 6) is 0. The average molecular weight is 404 g/mol. The monoisotopic (exact) mass is 403 g/mol. The van der Waals surface area contributed by atoms with Crippen LogP contribution < -0.4 is 9.80 Å². The number of rotatable bonds is 6. The molecule has 0 atom stereocenters. The van der Waals surface area contributed by atoms with E-state index in [9.17, 15) is 0 Å². The SMILES string of the molecule is Clc1cccc(N2CCN(CCCCN3CCc4ccccc43)CC2)c1Cl. The second-order valence-corrected chi connectivity index (χ2v) is 8.26. The second kappa shape index (κ2) is 8.72. The highest BCUT2D eigenvalue weighted by molar-refractivity contribution is 6.43. The third-order valence-corrected chi connectivity index (χ3v) is 6.59. The van der Waals surface area contributed by atoms with Gasteiger partial charge in [0.25, 0.3) is 0 Å². The summed E-state index contributed by atoms with van der Waals surface area (Å²) < 4.78 is 0. The molecular formula is C22H27Cl2N3. The summed E-state index contributed by atoms with van der Waals surface area (Å²) in [7, 11) is 0. The molecule has 0 bridgehead atoms. The van der Waals surface area contributed by atoms with Crippen LogP contribution >= 0.6 is 23.2 Å². The lowest BCUT2D eigenvalue weighted by Crippen LogP contribution is -2.46. The van der Waals surface area contributed by atoms with Crippen LogP contribution in [-0.4, -0.2) is 50.7 Å². The molecule has 4 rings (SSSR count). The number of piperazine rings is 1. The number of halogens is 2. The molecule has 2 aliphatic heterocycles. The molecule has 2 aromatic rings. The quantitative estimate of drug-likeness (QED) is 0.631. The van der Waals surface area contributed by atoms with E-state index in [1.165, 1.54) is 50.1 Å². The molecule has 0 aliphatic carbocycles. The van der Waals surface area contributed by atoms with Crippen molar-refractivity contribution in [1.29, 1.82) is 0 Å². The molecule has 0 N–H and O–H groups in total. The maximum Gasteiger partial charge on any atom is 0.0825 e. The maximum absolute atomic E-state index is 6.37. The molecule has 0 saturated carbocycles. The number of hydrogen-bond acceptors (Lipinski definition) is 3. The fourth-order valence-corrected chi connectivity index (χ4v) is 4.64. The first-order valence-corrected chi connectivity index (χ1v) is 10.7. The number of hydrogen-bond donors (Lipinski definition) is 0. The minimum Gasteiger partial charge on any atom is -0.371 e. The van der Waals surface area contributed by atoms with Crippen LogP contribution in [0.3, 0.4) is 0 Å². The van der Waals surface area contributed by atoms with E-state index in [0.717, 1.165) is 31.9 Å². The average Bonchev–Trinajstić information content (AvgIpc) is 3.11. The number of unbranched alkanes of at least 4 members (excludes halogenated alkanes) is 1. The highest BCUT2D eigenvalue weighted by Gasteiger charge is 2.20. The summed E-state index contributed by atoms with van der Waals surface area (Å²) in [5, 5.41) is 1.32. The van der Waals surface area contributed by atoms with Gasteiger partial charge in [-0.15, -0.1) is 0 Å². The van der Waals surface area contributed by atoms with Crippen LogP contribution in [0.5, 0.6) is 0 Å². The predicted molar refractivity (Wildman–Crippen MR) is 117 cm³/mol. The van der Waals surface area contributed by atoms with E-state index in [1.807, 2.05) is 12.1 Å². The van der Waals surface area contributed by atoms with Crippen LogP contribution in [0.1, 0.15) is 18.4 Å². The van der Waals surface area contributed by atoms with Gasteiger partial charge in [0.15, 0.2) is 0 Å². The second-order valence-electron chi connectivity index (χ2n) is 7.47. The van der Waals surface area contributed by atoms with Gasteiger partial charge in [-0.1, -0.05) is 47.5 Å². The van der Waals surface area contributed by atoms with E-state index in [4.69, 9.17) is 23.2 Å². The fourth-order valence-electron chi connectivity index (χ4n) is 4.23. The number of fused-ring (bicyclic) bond motifs is 1. The van der Waals surface area contributed by atoms with Gasteiger partial charge in [0.2, 0.25) is 0 Å². The molecule has 2 heterocycles. The summed E-state index contributed by atoms with van der Waals surface area (Å²) in [4.78, 5) is 7.48. The summed E-state index contributed by atoms with van der Waals surface area (Å²) >= 11 is 12.5. The zero-order valence-corrected chi connectivity index (χ0v) is 17.2. The van der Waals surface area contributed by atoms with Crippen LogP contribution in [0, 0.1) is 0 Å². The molecule has 0 unspecified atom stereocenters. The molecule has 0 aromatic heterocycles. The fraction of sp³-hybridized carbons (Fsp3) is 0.455. The molecule has 27 heavy (non-hydrogen) atoms. The van der Waals surface area contributed by atoms with Crippen LogP contribution in [-0.2, 0) is 6.42 Å². The van der Waals surface area contributed by atoms with Crippen LogP contribution in [0.2, 0.25) is 10.0 Å². The Hall–Kier alpha value is -1.42. The van der Waals surface area contributed by atoms with Crippen molar-refractivity contribution in [1.82, 2.24) is 4.90 Å². The predicted octanol–water partition coefficient (Wildman–Crippen LogP) is 4.96. The first-order valence-electron chi connectivity index (χ1n) is 9.96. The van der Waals surface area contributed by atoms with Crippen molar-refractivity contribution in [2.45, 2.75) is 19.3 Å². The van der Waals surface area contributed by atoms with Gasteiger partial charge in [0.1, 0.15) is 0 Å². The molecule has 3 nitrogen and oxygen atoms in total. The van der Waals surface area contributed by atoms with Crippen molar-refractivity contribution >= 4 is 34.6 Å². The van der Waals surface area contributed by atoms with E-state index in [0.29, 0.717) is 10.0 Å². The number of anilines is 2. The first kappa shape index (κ1) is 18.9. The summed E-state index contributed by atoms with van der Waals surface area (Å²) in [6, 6.07) is 14.7. The minimum atomic E-state index is 0.639. The lowest BCUT2D eigenvalue weighted by atomic mass is 10.2. The topological polar surface area (TPSA) is 9.72 Å². The lowest BCUT2D eigenvalue weighted by molar-refractivity contribution is 0.253. The van der Waals surface area contributed by atoms with Crippen molar-refractivity contribution in [3.05, 3.63) is 58.1 Å². The van der Waals surface area contributed by atoms with Gasteiger partial charge >= 0.3 is 0 Å². The Kier molecular flexibility index (Phi) is 6.11. The lowest BCUT2D eigenvalue weighted by Gasteiger charge is -2.36. The molecule has 1 saturated heterocycles. The first-order chi connectivity index (χ1) is 13.2. The van der Waals surface area contributed by atoms with E-state index in [1.54, 1.807) is 0 Å². The van der Waals surface area contributed by atoms with Crippen molar-refractivity contribution in [3.63, 3.8) is 0 Å². The molecule has 2 aromatic carbocycles. The Morgan fingerprint density at radius 2 is 1.48 bits per heavy atom. The summed E-state index contributed by atoms with van der Waals surface area (Å²) in [6.45, 7) is 7.75.